The summed E-state index contributed by atoms with van der Waals surface area (Å²) < 4.78 is 0. The number of hydrogen-bond acceptors (Lipinski definition) is 3. The van der Waals surface area contributed by atoms with Gasteiger partial charge < -0.3 is 10.6 Å². The van der Waals surface area contributed by atoms with Crippen molar-refractivity contribution in [3.8, 4) is 0 Å². The Bertz CT molecular complexity index is 589. The number of carbonyl (C=O) groups is 3. The highest BCUT2D eigenvalue weighted by Crippen LogP contribution is 2.45. The first-order chi connectivity index (χ1) is 12.0. The average Bonchev–Trinajstić information content (AvgIpc) is 2.69. The fraction of sp³-hybridized carbons (Fsp3) is 0.850. The summed E-state index contributed by atoms with van der Waals surface area (Å²) in [6, 6.07) is -0.331. The monoisotopic (exact) mass is 363 g/mol. The lowest BCUT2D eigenvalue weighted by atomic mass is 9.63. The molecule has 3 fully saturated rings. The predicted octanol–water partition coefficient (Wildman–Crippen LogP) is 2.96. The lowest BCUT2D eigenvalue weighted by Crippen LogP contribution is -2.50. The second-order valence-corrected chi connectivity index (χ2v) is 10.1. The van der Waals surface area contributed by atoms with Crippen molar-refractivity contribution in [2.24, 2.45) is 10.8 Å². The Balaban J connectivity index is 1.61. The van der Waals surface area contributed by atoms with Crippen LogP contribution < -0.4 is 10.6 Å². The molecule has 2 N–H and O–H groups in total. The molecule has 1 spiro atoms. The first-order valence-electron chi connectivity index (χ1n) is 9.96. The van der Waals surface area contributed by atoms with Gasteiger partial charge in [0.2, 0.25) is 5.91 Å². The molecule has 0 bridgehead atoms. The second-order valence-electron chi connectivity index (χ2n) is 10.1. The van der Waals surface area contributed by atoms with Crippen molar-refractivity contribution in [2.45, 2.75) is 90.6 Å². The highest BCUT2D eigenvalue weighted by Gasteiger charge is 2.51. The number of nitrogens with one attached hydrogen (secondary N) is 2. The molecule has 6 heteroatoms. The number of urea groups is 1. The Labute approximate surface area is 156 Å². The lowest BCUT2D eigenvalue weighted by Gasteiger charge is -2.45. The number of amides is 4. The Morgan fingerprint density at radius 3 is 2.23 bits per heavy atom. The van der Waals surface area contributed by atoms with Gasteiger partial charge in [-0.15, -0.1) is 0 Å². The summed E-state index contributed by atoms with van der Waals surface area (Å²) in [4.78, 5) is 38.8. The van der Waals surface area contributed by atoms with Crippen molar-refractivity contribution in [3.05, 3.63) is 0 Å². The summed E-state index contributed by atoms with van der Waals surface area (Å²) in [5.74, 6) is -0.457. The van der Waals surface area contributed by atoms with Gasteiger partial charge >= 0.3 is 6.03 Å². The van der Waals surface area contributed by atoms with Crippen LogP contribution in [0.4, 0.5) is 4.79 Å². The molecular formula is C20H33N3O3. The van der Waals surface area contributed by atoms with Crippen molar-refractivity contribution >= 4 is 17.8 Å². The predicted molar refractivity (Wildman–Crippen MR) is 99.4 cm³/mol. The molecule has 3 rings (SSSR count). The van der Waals surface area contributed by atoms with E-state index < -0.39 is 11.6 Å². The molecule has 3 aliphatic rings. The van der Waals surface area contributed by atoms with Crippen LogP contribution in [0, 0.1) is 10.8 Å². The molecule has 0 unspecified atom stereocenters. The summed E-state index contributed by atoms with van der Waals surface area (Å²) in [7, 11) is 0. The number of imide groups is 1. The maximum Gasteiger partial charge on any atom is 0.325 e. The van der Waals surface area contributed by atoms with Gasteiger partial charge in [0.1, 0.15) is 12.1 Å². The molecule has 0 aromatic heterocycles. The molecule has 0 radical (unpaired) electrons. The summed E-state index contributed by atoms with van der Waals surface area (Å²) in [5.41, 5.74) is -0.413. The summed E-state index contributed by atoms with van der Waals surface area (Å²) in [6.45, 7) is 8.76. The SMILES string of the molecule is CC1(C)CC(NC(=O)CN2C(=O)NC3(CCCCC3)C2=O)CC(C)(C)C1. The maximum atomic E-state index is 12.8. The van der Waals surface area contributed by atoms with Crippen LogP contribution in [0.2, 0.25) is 0 Å². The Hall–Kier alpha value is -1.59. The Kier molecular flexibility index (Phi) is 4.82. The third-order valence-corrected chi connectivity index (χ3v) is 6.17. The zero-order chi connectivity index (χ0) is 19.2. The van der Waals surface area contributed by atoms with E-state index in [1.54, 1.807) is 0 Å². The van der Waals surface area contributed by atoms with Gasteiger partial charge in [0.25, 0.3) is 5.91 Å². The standard InChI is InChI=1S/C20H33N3O3/c1-18(2)10-14(11-19(3,4)13-18)21-15(24)12-23-16(25)20(22-17(23)26)8-6-5-7-9-20/h14H,5-13H2,1-4H3,(H,21,24)(H,22,26). The van der Waals surface area contributed by atoms with E-state index in [9.17, 15) is 14.4 Å². The van der Waals surface area contributed by atoms with Crippen LogP contribution in [0.3, 0.4) is 0 Å². The van der Waals surface area contributed by atoms with Crippen LogP contribution in [0.1, 0.15) is 79.1 Å². The molecule has 0 aromatic rings. The summed E-state index contributed by atoms with van der Waals surface area (Å²) >= 11 is 0. The zero-order valence-corrected chi connectivity index (χ0v) is 16.6. The van der Waals surface area contributed by atoms with Gasteiger partial charge in [0.15, 0.2) is 0 Å². The molecule has 2 saturated carbocycles. The number of nitrogens with zero attached hydrogens (tertiary/aromatic N) is 1. The van der Waals surface area contributed by atoms with E-state index in [0.29, 0.717) is 12.8 Å². The van der Waals surface area contributed by atoms with Gasteiger partial charge in [-0.25, -0.2) is 4.79 Å². The fourth-order valence-electron chi connectivity index (χ4n) is 5.68. The lowest BCUT2D eigenvalue weighted by molar-refractivity contribution is -0.136. The van der Waals surface area contributed by atoms with Gasteiger partial charge in [0.05, 0.1) is 0 Å². The second kappa shape index (κ2) is 6.54. The maximum absolute atomic E-state index is 12.8. The fourth-order valence-corrected chi connectivity index (χ4v) is 5.68. The molecular weight excluding hydrogens is 330 g/mol. The Morgan fingerprint density at radius 1 is 1.08 bits per heavy atom. The molecule has 1 aliphatic heterocycles. The zero-order valence-electron chi connectivity index (χ0n) is 16.6. The molecule has 1 heterocycles. The molecule has 6 nitrogen and oxygen atoms in total. The number of rotatable bonds is 3. The molecule has 0 aromatic carbocycles. The minimum atomic E-state index is -0.759. The van der Waals surface area contributed by atoms with Crippen molar-refractivity contribution in [1.82, 2.24) is 15.5 Å². The highest BCUT2D eigenvalue weighted by atomic mass is 16.2. The van der Waals surface area contributed by atoms with Crippen LogP contribution in [0.25, 0.3) is 0 Å². The molecule has 2 aliphatic carbocycles. The van der Waals surface area contributed by atoms with E-state index in [0.717, 1.165) is 43.4 Å². The minimum Gasteiger partial charge on any atom is -0.352 e. The molecule has 0 atom stereocenters. The number of hydrogen-bond donors (Lipinski definition) is 2. The van der Waals surface area contributed by atoms with Crippen LogP contribution in [-0.4, -0.2) is 40.9 Å². The van der Waals surface area contributed by atoms with E-state index in [1.807, 2.05) is 0 Å². The normalized spacial score (nSPS) is 27.5. The van der Waals surface area contributed by atoms with E-state index in [4.69, 9.17) is 0 Å². The third kappa shape index (κ3) is 3.89. The molecule has 1 saturated heterocycles. The van der Waals surface area contributed by atoms with Crippen molar-refractivity contribution in [1.29, 1.82) is 0 Å². The van der Waals surface area contributed by atoms with Crippen LogP contribution >= 0.6 is 0 Å². The van der Waals surface area contributed by atoms with E-state index in [-0.39, 0.29) is 35.2 Å². The summed E-state index contributed by atoms with van der Waals surface area (Å²) in [6.07, 6.45) is 7.32. The smallest absolute Gasteiger partial charge is 0.325 e. The third-order valence-electron chi connectivity index (χ3n) is 6.17. The first kappa shape index (κ1) is 19.2. The highest BCUT2D eigenvalue weighted by molar-refractivity contribution is 6.09. The van der Waals surface area contributed by atoms with Gasteiger partial charge in [-0.2, -0.15) is 0 Å². The van der Waals surface area contributed by atoms with Crippen LogP contribution in [-0.2, 0) is 9.59 Å². The first-order valence-corrected chi connectivity index (χ1v) is 9.96. The summed E-state index contributed by atoms with van der Waals surface area (Å²) in [5, 5.41) is 5.94. The molecule has 146 valence electrons. The largest absolute Gasteiger partial charge is 0.352 e. The average molecular weight is 364 g/mol. The quantitative estimate of drug-likeness (QED) is 0.757. The van der Waals surface area contributed by atoms with Gasteiger partial charge in [-0.05, 0) is 42.9 Å². The van der Waals surface area contributed by atoms with E-state index in [2.05, 4.69) is 38.3 Å². The van der Waals surface area contributed by atoms with E-state index in [1.165, 1.54) is 0 Å². The number of carbonyl (C=O) groups excluding carboxylic acids is 3. The minimum absolute atomic E-state index is 0.0886. The van der Waals surface area contributed by atoms with Gasteiger partial charge in [-0.3, -0.25) is 14.5 Å². The van der Waals surface area contributed by atoms with Crippen molar-refractivity contribution in [3.63, 3.8) is 0 Å². The van der Waals surface area contributed by atoms with Crippen LogP contribution in [0.5, 0.6) is 0 Å². The molecule has 26 heavy (non-hydrogen) atoms. The van der Waals surface area contributed by atoms with E-state index >= 15 is 0 Å². The van der Waals surface area contributed by atoms with Crippen LogP contribution in [0.15, 0.2) is 0 Å². The topological polar surface area (TPSA) is 78.5 Å². The molecule has 4 amide bonds. The van der Waals surface area contributed by atoms with Crippen molar-refractivity contribution < 1.29 is 14.4 Å². The van der Waals surface area contributed by atoms with Gasteiger partial charge in [0, 0.05) is 6.04 Å². The van der Waals surface area contributed by atoms with Crippen molar-refractivity contribution in [2.75, 3.05) is 6.54 Å². The Morgan fingerprint density at radius 2 is 1.65 bits per heavy atom. The van der Waals surface area contributed by atoms with Gasteiger partial charge in [-0.1, -0.05) is 47.0 Å².